The van der Waals surface area contributed by atoms with Gasteiger partial charge in [0, 0.05) is 5.38 Å². The van der Waals surface area contributed by atoms with Crippen LogP contribution < -0.4 is 4.74 Å². The van der Waals surface area contributed by atoms with Crippen molar-refractivity contribution < 1.29 is 4.74 Å². The van der Waals surface area contributed by atoms with Crippen LogP contribution in [-0.2, 0) is 6.42 Å². The summed E-state index contributed by atoms with van der Waals surface area (Å²) < 4.78 is 5.93. The van der Waals surface area contributed by atoms with Crippen LogP contribution in [0.5, 0.6) is 5.75 Å². The molecule has 0 N–H and O–H groups in total. The maximum Gasteiger partial charge on any atom is 0.119 e. The van der Waals surface area contributed by atoms with Crippen molar-refractivity contribution in [2.24, 2.45) is 0 Å². The van der Waals surface area contributed by atoms with Crippen LogP contribution in [0.3, 0.4) is 0 Å². The van der Waals surface area contributed by atoms with E-state index in [2.05, 4.69) is 31.2 Å². The Kier molecular flexibility index (Phi) is 4.73. The molecule has 1 aliphatic rings. The molecule has 1 unspecified atom stereocenters. The summed E-state index contributed by atoms with van der Waals surface area (Å²) in [5, 5.41) is 0.247. The van der Waals surface area contributed by atoms with Crippen molar-refractivity contribution in [3.63, 3.8) is 0 Å². The van der Waals surface area contributed by atoms with E-state index in [0.717, 1.165) is 18.6 Å². The van der Waals surface area contributed by atoms with Crippen molar-refractivity contribution in [3.8, 4) is 5.75 Å². The molecule has 1 aromatic carbocycles. The van der Waals surface area contributed by atoms with Crippen molar-refractivity contribution in [3.05, 3.63) is 29.8 Å². The number of rotatable bonds is 5. The minimum atomic E-state index is 0.247. The van der Waals surface area contributed by atoms with Crippen LogP contribution in [0.25, 0.3) is 0 Å². The minimum Gasteiger partial charge on any atom is -0.490 e. The van der Waals surface area contributed by atoms with Gasteiger partial charge in [-0.15, -0.1) is 11.6 Å². The molecule has 0 aliphatic heterocycles. The molecule has 0 bridgehead atoms. The van der Waals surface area contributed by atoms with Crippen molar-refractivity contribution in [2.75, 3.05) is 0 Å². The van der Waals surface area contributed by atoms with E-state index in [0.29, 0.717) is 6.10 Å². The van der Waals surface area contributed by atoms with Gasteiger partial charge in [-0.25, -0.2) is 0 Å². The Morgan fingerprint density at radius 1 is 1.24 bits per heavy atom. The maximum atomic E-state index is 6.15. The quantitative estimate of drug-likeness (QED) is 0.698. The predicted molar refractivity (Wildman–Crippen MR) is 73.0 cm³/mol. The fraction of sp³-hybridized carbons (Fsp3) is 0.600. The molecule has 0 aromatic heterocycles. The highest BCUT2D eigenvalue weighted by molar-refractivity contribution is 6.20. The lowest BCUT2D eigenvalue weighted by Gasteiger charge is -2.13. The topological polar surface area (TPSA) is 9.23 Å². The van der Waals surface area contributed by atoms with Crippen molar-refractivity contribution in [1.82, 2.24) is 0 Å². The lowest BCUT2D eigenvalue weighted by atomic mass is 10.1. The molecule has 0 saturated heterocycles. The zero-order chi connectivity index (χ0) is 12.1. The summed E-state index contributed by atoms with van der Waals surface area (Å²) in [5.41, 5.74) is 1.30. The van der Waals surface area contributed by atoms with E-state index in [4.69, 9.17) is 16.3 Å². The Morgan fingerprint density at radius 3 is 2.47 bits per heavy atom. The van der Waals surface area contributed by atoms with Crippen LogP contribution in [-0.4, -0.2) is 11.5 Å². The van der Waals surface area contributed by atoms with E-state index in [9.17, 15) is 0 Å². The zero-order valence-corrected chi connectivity index (χ0v) is 11.2. The van der Waals surface area contributed by atoms with E-state index >= 15 is 0 Å². The molecule has 1 aliphatic carbocycles. The molecule has 1 atom stereocenters. The first-order valence-electron chi connectivity index (χ1n) is 6.67. The monoisotopic (exact) mass is 252 g/mol. The number of halogens is 1. The SMILES string of the molecule is CCC(Cl)Cc1ccc(OC2CCCC2)cc1. The molecule has 1 fully saturated rings. The van der Waals surface area contributed by atoms with E-state index in [1.807, 2.05) is 0 Å². The number of ether oxygens (including phenoxy) is 1. The van der Waals surface area contributed by atoms with Gasteiger partial charge in [0.05, 0.1) is 6.10 Å². The number of benzene rings is 1. The van der Waals surface area contributed by atoms with Gasteiger partial charge in [0.2, 0.25) is 0 Å². The van der Waals surface area contributed by atoms with Crippen LogP contribution in [0.1, 0.15) is 44.6 Å². The average molecular weight is 253 g/mol. The van der Waals surface area contributed by atoms with E-state index in [1.165, 1.54) is 31.2 Å². The third-order valence-electron chi connectivity index (χ3n) is 3.43. The summed E-state index contributed by atoms with van der Waals surface area (Å²) in [6, 6.07) is 8.42. The Labute approximate surface area is 109 Å². The molecule has 0 spiro atoms. The fourth-order valence-corrected chi connectivity index (χ4v) is 2.48. The van der Waals surface area contributed by atoms with Gasteiger partial charge in [-0.2, -0.15) is 0 Å². The van der Waals surface area contributed by atoms with Gasteiger partial charge in [-0.05, 0) is 56.2 Å². The Morgan fingerprint density at radius 2 is 1.88 bits per heavy atom. The van der Waals surface area contributed by atoms with Gasteiger partial charge in [-0.3, -0.25) is 0 Å². The summed E-state index contributed by atoms with van der Waals surface area (Å²) in [4.78, 5) is 0. The zero-order valence-electron chi connectivity index (χ0n) is 10.5. The van der Waals surface area contributed by atoms with Gasteiger partial charge in [-0.1, -0.05) is 19.1 Å². The first-order chi connectivity index (χ1) is 8.28. The Bertz CT molecular complexity index is 327. The molecule has 0 amide bonds. The number of hydrogen-bond donors (Lipinski definition) is 0. The molecule has 1 aromatic rings. The van der Waals surface area contributed by atoms with Crippen LogP contribution in [0.4, 0.5) is 0 Å². The molecule has 2 rings (SSSR count). The van der Waals surface area contributed by atoms with Crippen molar-refractivity contribution in [2.45, 2.75) is 56.9 Å². The second kappa shape index (κ2) is 6.30. The molecular formula is C15H21ClO. The van der Waals surface area contributed by atoms with E-state index in [-0.39, 0.29) is 5.38 Å². The van der Waals surface area contributed by atoms with Crippen molar-refractivity contribution >= 4 is 11.6 Å². The van der Waals surface area contributed by atoms with Gasteiger partial charge >= 0.3 is 0 Å². The smallest absolute Gasteiger partial charge is 0.119 e. The predicted octanol–water partition coefficient (Wildman–Crippen LogP) is 4.57. The van der Waals surface area contributed by atoms with E-state index in [1.54, 1.807) is 0 Å². The third kappa shape index (κ3) is 3.92. The molecule has 1 saturated carbocycles. The first kappa shape index (κ1) is 12.8. The molecule has 94 valence electrons. The summed E-state index contributed by atoms with van der Waals surface area (Å²) in [6.45, 7) is 2.12. The minimum absolute atomic E-state index is 0.247. The summed E-state index contributed by atoms with van der Waals surface area (Å²) in [6.07, 6.45) is 7.45. The van der Waals surface area contributed by atoms with Crippen molar-refractivity contribution in [1.29, 1.82) is 0 Å². The molecule has 2 heteroatoms. The molecule has 17 heavy (non-hydrogen) atoms. The third-order valence-corrected chi connectivity index (χ3v) is 3.89. The van der Waals surface area contributed by atoms with E-state index < -0.39 is 0 Å². The van der Waals surface area contributed by atoms with Gasteiger partial charge < -0.3 is 4.74 Å². The summed E-state index contributed by atoms with van der Waals surface area (Å²) in [5.74, 6) is 1.00. The standard InChI is InChI=1S/C15H21ClO/c1-2-13(16)11-12-7-9-15(10-8-12)17-14-5-3-4-6-14/h7-10,13-14H,2-6,11H2,1H3. The number of alkyl halides is 1. The lowest BCUT2D eigenvalue weighted by Crippen LogP contribution is -2.10. The number of hydrogen-bond acceptors (Lipinski definition) is 1. The molecule has 0 radical (unpaired) electrons. The Hall–Kier alpha value is -0.690. The summed E-state index contributed by atoms with van der Waals surface area (Å²) in [7, 11) is 0. The van der Waals surface area contributed by atoms with Crippen LogP contribution in [0.15, 0.2) is 24.3 Å². The largest absolute Gasteiger partial charge is 0.490 e. The second-order valence-corrected chi connectivity index (χ2v) is 5.50. The normalized spacial score (nSPS) is 18.2. The Balaban J connectivity index is 1.88. The highest BCUT2D eigenvalue weighted by Crippen LogP contribution is 2.24. The highest BCUT2D eigenvalue weighted by Gasteiger charge is 2.16. The highest BCUT2D eigenvalue weighted by atomic mass is 35.5. The summed E-state index contributed by atoms with van der Waals surface area (Å²) >= 11 is 6.15. The lowest BCUT2D eigenvalue weighted by molar-refractivity contribution is 0.210. The molecular weight excluding hydrogens is 232 g/mol. The second-order valence-electron chi connectivity index (χ2n) is 4.88. The van der Waals surface area contributed by atoms with Gasteiger partial charge in [0.1, 0.15) is 5.75 Å². The fourth-order valence-electron chi connectivity index (χ4n) is 2.30. The van der Waals surface area contributed by atoms with Crippen LogP contribution in [0.2, 0.25) is 0 Å². The molecule has 1 nitrogen and oxygen atoms in total. The van der Waals surface area contributed by atoms with Gasteiger partial charge in [0.15, 0.2) is 0 Å². The van der Waals surface area contributed by atoms with Crippen LogP contribution >= 0.6 is 11.6 Å². The maximum absolute atomic E-state index is 6.15. The molecule has 0 heterocycles. The van der Waals surface area contributed by atoms with Gasteiger partial charge in [0.25, 0.3) is 0 Å². The average Bonchev–Trinajstić information content (AvgIpc) is 2.84. The first-order valence-corrected chi connectivity index (χ1v) is 7.11. The van der Waals surface area contributed by atoms with Crippen LogP contribution in [0, 0.1) is 0 Å².